The van der Waals surface area contributed by atoms with Gasteiger partial charge in [0.2, 0.25) is 11.8 Å². The third kappa shape index (κ3) is 5.84. The van der Waals surface area contributed by atoms with Gasteiger partial charge in [-0.05, 0) is 61.9 Å². The third-order valence-electron chi connectivity index (χ3n) is 6.49. The van der Waals surface area contributed by atoms with Crippen molar-refractivity contribution in [1.82, 2.24) is 0 Å². The lowest BCUT2D eigenvalue weighted by Crippen LogP contribution is -2.39. The van der Waals surface area contributed by atoms with E-state index in [1.165, 1.54) is 4.90 Å². The van der Waals surface area contributed by atoms with E-state index < -0.39 is 40.5 Å². The number of nitrogens with one attached hydrogen (secondary N) is 1. The van der Waals surface area contributed by atoms with Crippen LogP contribution in [-0.4, -0.2) is 18.4 Å². The lowest BCUT2D eigenvalue weighted by molar-refractivity contribution is -0.143. The normalized spacial score (nSPS) is 18.8. The minimum Gasteiger partial charge on any atom is -0.326 e. The van der Waals surface area contributed by atoms with Crippen LogP contribution in [0.15, 0.2) is 36.4 Å². The molecule has 0 saturated carbocycles. The van der Waals surface area contributed by atoms with Gasteiger partial charge in [0, 0.05) is 24.3 Å². The average molecular weight is 515 g/mol. The van der Waals surface area contributed by atoms with Crippen molar-refractivity contribution < 1.29 is 35.9 Å². The zero-order valence-corrected chi connectivity index (χ0v) is 20.4. The second-order valence-corrected chi connectivity index (χ2v) is 9.86. The SMILES string of the molecule is Cc1cccc(C)c1N1CC(CCC(C)C)(C(=O)Nc2cc(C(F)(F)F)cc(C(F)(F)F)c2)CC1=O. The Bertz CT molecular complexity index is 1100. The highest BCUT2D eigenvalue weighted by atomic mass is 19.4. The second kappa shape index (κ2) is 9.78. The summed E-state index contributed by atoms with van der Waals surface area (Å²) in [5, 5.41) is 2.28. The molecule has 0 spiro atoms. The van der Waals surface area contributed by atoms with Crippen molar-refractivity contribution >= 4 is 23.2 Å². The first-order chi connectivity index (χ1) is 16.5. The molecule has 1 unspecified atom stereocenters. The molecule has 1 fully saturated rings. The molecule has 2 aromatic rings. The smallest absolute Gasteiger partial charge is 0.326 e. The third-order valence-corrected chi connectivity index (χ3v) is 6.49. The molecule has 10 heteroatoms. The van der Waals surface area contributed by atoms with Crippen LogP contribution >= 0.6 is 0 Å². The number of rotatable bonds is 6. The Labute approximate surface area is 205 Å². The van der Waals surface area contributed by atoms with Crippen molar-refractivity contribution in [3.8, 4) is 0 Å². The second-order valence-electron chi connectivity index (χ2n) is 9.86. The molecule has 0 bridgehead atoms. The van der Waals surface area contributed by atoms with Crippen LogP contribution in [0.1, 0.15) is 55.4 Å². The Morgan fingerprint density at radius 1 is 1.00 bits per heavy atom. The Hall–Kier alpha value is -3.04. The predicted octanol–water partition coefficient (Wildman–Crippen LogP) is 7.14. The standard InChI is InChI=1S/C26H28F6N2O2/c1-15(2)8-9-24(13-21(35)34(14-24)22-16(3)6-5-7-17(22)4)23(36)33-20-11-18(25(27,28)29)10-19(12-20)26(30,31)32/h5-7,10-12,15H,8-9,13-14H2,1-4H3,(H,33,36). The summed E-state index contributed by atoms with van der Waals surface area (Å²) in [7, 11) is 0. The van der Waals surface area contributed by atoms with Gasteiger partial charge in [-0.15, -0.1) is 0 Å². The molecule has 4 nitrogen and oxygen atoms in total. The summed E-state index contributed by atoms with van der Waals surface area (Å²) >= 11 is 0. The van der Waals surface area contributed by atoms with Gasteiger partial charge in [-0.2, -0.15) is 26.3 Å². The zero-order chi connectivity index (χ0) is 27.1. The lowest BCUT2D eigenvalue weighted by Gasteiger charge is -2.29. The number of carbonyl (C=O) groups excluding carboxylic acids is 2. The largest absolute Gasteiger partial charge is 0.416 e. The maximum atomic E-state index is 13.5. The van der Waals surface area contributed by atoms with E-state index >= 15 is 0 Å². The van der Waals surface area contributed by atoms with E-state index in [1.807, 2.05) is 45.9 Å². The Balaban J connectivity index is 2.01. The molecule has 3 rings (SSSR count). The van der Waals surface area contributed by atoms with Gasteiger partial charge < -0.3 is 10.2 Å². The highest BCUT2D eigenvalue weighted by Gasteiger charge is 2.49. The maximum Gasteiger partial charge on any atom is 0.416 e. The van der Waals surface area contributed by atoms with Crippen LogP contribution in [0.5, 0.6) is 0 Å². The van der Waals surface area contributed by atoms with Gasteiger partial charge in [0.25, 0.3) is 0 Å². The molecule has 2 aromatic carbocycles. The van der Waals surface area contributed by atoms with E-state index in [4.69, 9.17) is 0 Å². The van der Waals surface area contributed by atoms with Crippen LogP contribution in [0.3, 0.4) is 0 Å². The van der Waals surface area contributed by atoms with Crippen LogP contribution in [0, 0.1) is 25.2 Å². The number of hydrogen-bond acceptors (Lipinski definition) is 2. The Morgan fingerprint density at radius 3 is 2.00 bits per heavy atom. The van der Waals surface area contributed by atoms with Crippen molar-refractivity contribution in [1.29, 1.82) is 0 Å². The number of hydrogen-bond donors (Lipinski definition) is 1. The summed E-state index contributed by atoms with van der Waals surface area (Å²) in [5.41, 5.74) is -2.70. The first-order valence-electron chi connectivity index (χ1n) is 11.5. The number of nitrogens with zero attached hydrogens (tertiary/aromatic N) is 1. The number of alkyl halides is 6. The zero-order valence-electron chi connectivity index (χ0n) is 20.4. The minimum absolute atomic E-state index is 0.00593. The summed E-state index contributed by atoms with van der Waals surface area (Å²) in [5.74, 6) is -0.951. The van der Waals surface area contributed by atoms with Gasteiger partial charge in [0.1, 0.15) is 0 Å². The molecule has 1 N–H and O–H groups in total. The maximum absolute atomic E-state index is 13.5. The molecule has 2 amide bonds. The number of benzene rings is 2. The molecular formula is C26H28F6N2O2. The molecular weight excluding hydrogens is 486 g/mol. The number of carbonyl (C=O) groups is 2. The van der Waals surface area contributed by atoms with E-state index in [2.05, 4.69) is 5.32 Å². The predicted molar refractivity (Wildman–Crippen MR) is 124 cm³/mol. The molecule has 1 aliphatic heterocycles. The molecule has 1 aliphatic rings. The van der Waals surface area contributed by atoms with Crippen LogP contribution in [0.25, 0.3) is 0 Å². The summed E-state index contributed by atoms with van der Waals surface area (Å²) < 4.78 is 79.8. The van der Waals surface area contributed by atoms with Gasteiger partial charge in [-0.3, -0.25) is 9.59 Å². The van der Waals surface area contributed by atoms with Gasteiger partial charge in [0.05, 0.1) is 16.5 Å². The van der Waals surface area contributed by atoms with Crippen LogP contribution in [-0.2, 0) is 21.9 Å². The van der Waals surface area contributed by atoms with Crippen molar-refractivity contribution in [3.05, 3.63) is 58.7 Å². The summed E-state index contributed by atoms with van der Waals surface area (Å²) in [6.07, 6.45) is -9.51. The summed E-state index contributed by atoms with van der Waals surface area (Å²) in [6.45, 7) is 7.47. The monoisotopic (exact) mass is 514 g/mol. The fourth-order valence-corrected chi connectivity index (χ4v) is 4.56. The van der Waals surface area contributed by atoms with E-state index in [9.17, 15) is 35.9 Å². The van der Waals surface area contributed by atoms with E-state index in [0.717, 1.165) is 11.1 Å². The number of para-hydroxylation sites is 1. The van der Waals surface area contributed by atoms with Crippen LogP contribution < -0.4 is 10.2 Å². The summed E-state index contributed by atoms with van der Waals surface area (Å²) in [4.78, 5) is 28.1. The number of halogens is 6. The molecule has 0 aliphatic carbocycles. The Morgan fingerprint density at radius 2 is 1.53 bits per heavy atom. The lowest BCUT2D eigenvalue weighted by atomic mass is 9.79. The van der Waals surface area contributed by atoms with Gasteiger partial charge in [-0.25, -0.2) is 0 Å². The van der Waals surface area contributed by atoms with Gasteiger partial charge in [-0.1, -0.05) is 32.0 Å². The number of anilines is 2. The van der Waals surface area contributed by atoms with Crippen LogP contribution in [0.2, 0.25) is 0 Å². The quantitative estimate of drug-likeness (QED) is 0.417. The van der Waals surface area contributed by atoms with Crippen molar-refractivity contribution in [2.75, 3.05) is 16.8 Å². The highest BCUT2D eigenvalue weighted by molar-refractivity contribution is 6.06. The Kier molecular flexibility index (Phi) is 7.49. The van der Waals surface area contributed by atoms with E-state index in [1.54, 1.807) is 0 Å². The summed E-state index contributed by atoms with van der Waals surface area (Å²) in [6, 6.07) is 6.44. The first kappa shape index (κ1) is 27.5. The molecule has 36 heavy (non-hydrogen) atoms. The van der Waals surface area contributed by atoms with Gasteiger partial charge >= 0.3 is 12.4 Å². The average Bonchev–Trinajstić information content (AvgIpc) is 3.08. The fourth-order valence-electron chi connectivity index (χ4n) is 4.56. The molecule has 196 valence electrons. The molecule has 0 aromatic heterocycles. The van der Waals surface area contributed by atoms with Crippen molar-refractivity contribution in [3.63, 3.8) is 0 Å². The van der Waals surface area contributed by atoms with E-state index in [-0.39, 0.29) is 37.3 Å². The fraction of sp³-hybridized carbons (Fsp3) is 0.462. The number of aryl methyl sites for hydroxylation is 2. The minimum atomic E-state index is -5.04. The molecule has 1 heterocycles. The van der Waals surface area contributed by atoms with Crippen molar-refractivity contribution in [2.24, 2.45) is 11.3 Å². The molecule has 1 atom stereocenters. The van der Waals surface area contributed by atoms with E-state index in [0.29, 0.717) is 24.2 Å². The van der Waals surface area contributed by atoms with Gasteiger partial charge in [0.15, 0.2) is 0 Å². The number of amides is 2. The topological polar surface area (TPSA) is 49.4 Å². The van der Waals surface area contributed by atoms with Crippen LogP contribution in [0.4, 0.5) is 37.7 Å². The molecule has 1 saturated heterocycles. The first-order valence-corrected chi connectivity index (χ1v) is 11.5. The molecule has 0 radical (unpaired) electrons. The highest BCUT2D eigenvalue weighted by Crippen LogP contribution is 2.43. The van der Waals surface area contributed by atoms with Crippen molar-refractivity contribution in [2.45, 2.75) is 59.3 Å².